The quantitative estimate of drug-likeness (QED) is 0.210. The first-order chi connectivity index (χ1) is 19.6. The molecule has 0 spiro atoms. The zero-order valence-corrected chi connectivity index (χ0v) is 24.8. The minimum atomic E-state index is 0.0340. The summed E-state index contributed by atoms with van der Waals surface area (Å²) in [6, 6.07) is 40.3. The number of para-hydroxylation sites is 3. The van der Waals surface area contributed by atoms with E-state index in [9.17, 15) is 0 Å². The van der Waals surface area contributed by atoms with Gasteiger partial charge in [-0.2, -0.15) is 0 Å². The van der Waals surface area contributed by atoms with E-state index in [-0.39, 0.29) is 16.2 Å². The fourth-order valence-electron chi connectivity index (χ4n) is 7.77. The number of fused-ring (bicyclic) bond motifs is 8. The van der Waals surface area contributed by atoms with Crippen LogP contribution in [-0.2, 0) is 10.8 Å². The molecular formula is C39H36N2. The van der Waals surface area contributed by atoms with Gasteiger partial charge in [0, 0.05) is 32.9 Å². The second kappa shape index (κ2) is 7.91. The number of benzene rings is 5. The Morgan fingerprint density at radius 2 is 0.878 bits per heavy atom. The van der Waals surface area contributed by atoms with Crippen LogP contribution in [0.2, 0.25) is 0 Å². The molecule has 1 aliphatic rings. The molecule has 41 heavy (non-hydrogen) atoms. The van der Waals surface area contributed by atoms with Gasteiger partial charge in [0.25, 0.3) is 0 Å². The average Bonchev–Trinajstić information content (AvgIpc) is 3.52. The van der Waals surface area contributed by atoms with Crippen LogP contribution < -0.4 is 0 Å². The normalized spacial score (nSPS) is 17.1. The van der Waals surface area contributed by atoms with Gasteiger partial charge in [-0.1, -0.05) is 108 Å². The maximum Gasteiger partial charge on any atom is 0.0788 e. The van der Waals surface area contributed by atoms with E-state index in [4.69, 9.17) is 0 Å². The van der Waals surface area contributed by atoms with Gasteiger partial charge in [0.05, 0.1) is 22.1 Å². The second-order valence-electron chi connectivity index (χ2n) is 13.5. The van der Waals surface area contributed by atoms with E-state index in [1.54, 1.807) is 0 Å². The first-order valence-electron chi connectivity index (χ1n) is 14.8. The summed E-state index contributed by atoms with van der Waals surface area (Å²) < 4.78 is 5.00. The van der Waals surface area contributed by atoms with Crippen molar-refractivity contribution in [2.24, 2.45) is 5.41 Å². The van der Waals surface area contributed by atoms with Crippen LogP contribution in [0, 0.1) is 5.41 Å². The predicted molar refractivity (Wildman–Crippen MR) is 175 cm³/mol. The molecule has 2 heterocycles. The monoisotopic (exact) mass is 532 g/mol. The van der Waals surface area contributed by atoms with Crippen molar-refractivity contribution >= 4 is 43.6 Å². The van der Waals surface area contributed by atoms with Crippen molar-refractivity contribution in [3.05, 3.63) is 120 Å². The van der Waals surface area contributed by atoms with Crippen molar-refractivity contribution in [2.75, 3.05) is 0 Å². The maximum absolute atomic E-state index is 2.53. The molecular weight excluding hydrogens is 496 g/mol. The number of rotatable bonds is 2. The molecule has 0 bridgehead atoms. The third kappa shape index (κ3) is 2.93. The summed E-state index contributed by atoms with van der Waals surface area (Å²) in [6.45, 7) is 14.6. The first kappa shape index (κ1) is 24.5. The third-order valence-corrected chi connectivity index (χ3v) is 11.2. The van der Waals surface area contributed by atoms with E-state index in [1.165, 1.54) is 66.1 Å². The molecule has 1 aliphatic carbocycles. The van der Waals surface area contributed by atoms with Crippen LogP contribution >= 0.6 is 0 Å². The van der Waals surface area contributed by atoms with Gasteiger partial charge in [-0.3, -0.25) is 0 Å². The average molecular weight is 533 g/mol. The lowest BCUT2D eigenvalue weighted by molar-refractivity contribution is 0.125. The number of aromatic nitrogens is 2. The van der Waals surface area contributed by atoms with E-state index in [1.807, 2.05) is 0 Å². The molecule has 5 aromatic carbocycles. The van der Waals surface area contributed by atoms with Crippen molar-refractivity contribution < 1.29 is 0 Å². The van der Waals surface area contributed by atoms with Gasteiger partial charge < -0.3 is 9.13 Å². The van der Waals surface area contributed by atoms with E-state index in [0.717, 1.165) is 0 Å². The van der Waals surface area contributed by atoms with Crippen LogP contribution in [0.3, 0.4) is 0 Å². The smallest absolute Gasteiger partial charge is 0.0788 e. The van der Waals surface area contributed by atoms with Crippen molar-refractivity contribution in [3.63, 3.8) is 0 Å². The van der Waals surface area contributed by atoms with Crippen LogP contribution in [-0.4, -0.2) is 9.13 Å². The standard InChI is InChI=1S/C39H36N2/c1-37(2)31-23-30-29-22-21-28-27-19-13-14-20-33(27)40(25-15-9-7-10-16-25)35(28)36(29)41(26-17-11-8-12-18-26)34(30)24-32(31)38(3,4)39(37,5)6/h7-24H,1-6H3. The van der Waals surface area contributed by atoms with Gasteiger partial charge in [0.1, 0.15) is 0 Å². The molecule has 0 saturated carbocycles. The summed E-state index contributed by atoms with van der Waals surface area (Å²) in [7, 11) is 0. The molecule has 0 fully saturated rings. The Labute approximate surface area is 241 Å². The highest BCUT2D eigenvalue weighted by Gasteiger charge is 2.57. The minimum absolute atomic E-state index is 0.0340. The molecule has 0 aliphatic heterocycles. The zero-order chi connectivity index (χ0) is 28.3. The molecule has 8 rings (SSSR count). The molecule has 2 nitrogen and oxygen atoms in total. The number of hydrogen-bond donors (Lipinski definition) is 0. The highest BCUT2D eigenvalue weighted by Crippen LogP contribution is 2.62. The van der Waals surface area contributed by atoms with Crippen LogP contribution in [0.5, 0.6) is 0 Å². The molecule has 0 saturated heterocycles. The molecule has 0 amide bonds. The van der Waals surface area contributed by atoms with E-state index in [2.05, 4.69) is 160 Å². The molecule has 2 heteroatoms. The summed E-state index contributed by atoms with van der Waals surface area (Å²) in [4.78, 5) is 0. The molecule has 0 unspecified atom stereocenters. The summed E-state index contributed by atoms with van der Waals surface area (Å²) >= 11 is 0. The molecule has 0 atom stereocenters. The van der Waals surface area contributed by atoms with E-state index < -0.39 is 0 Å². The number of hydrogen-bond acceptors (Lipinski definition) is 0. The van der Waals surface area contributed by atoms with Crippen LogP contribution in [0.15, 0.2) is 109 Å². The zero-order valence-electron chi connectivity index (χ0n) is 24.8. The van der Waals surface area contributed by atoms with Crippen molar-refractivity contribution in [2.45, 2.75) is 52.4 Å². The van der Waals surface area contributed by atoms with Gasteiger partial charge >= 0.3 is 0 Å². The molecule has 202 valence electrons. The maximum atomic E-state index is 2.53. The summed E-state index contributed by atoms with van der Waals surface area (Å²) in [5.41, 5.74) is 10.6. The first-order valence-corrected chi connectivity index (χ1v) is 14.8. The summed E-state index contributed by atoms with van der Waals surface area (Å²) in [5.74, 6) is 0. The summed E-state index contributed by atoms with van der Waals surface area (Å²) in [5, 5.41) is 5.20. The minimum Gasteiger partial charge on any atom is -0.307 e. The second-order valence-corrected chi connectivity index (χ2v) is 13.5. The van der Waals surface area contributed by atoms with Gasteiger partial charge in [-0.25, -0.2) is 0 Å². The van der Waals surface area contributed by atoms with Crippen molar-refractivity contribution in [1.29, 1.82) is 0 Å². The lowest BCUT2D eigenvalue weighted by Crippen LogP contribution is -2.42. The van der Waals surface area contributed by atoms with Crippen LogP contribution in [0.1, 0.15) is 52.7 Å². The Kier molecular flexibility index (Phi) is 4.73. The van der Waals surface area contributed by atoms with Crippen LogP contribution in [0.4, 0.5) is 0 Å². The molecule has 0 N–H and O–H groups in total. The summed E-state index contributed by atoms with van der Waals surface area (Å²) in [6.07, 6.45) is 0. The lowest BCUT2D eigenvalue weighted by Gasteiger charge is -2.44. The van der Waals surface area contributed by atoms with Gasteiger partial charge in [-0.05, 0) is 69.8 Å². The Hall–Kier alpha value is -4.30. The molecule has 7 aromatic rings. The van der Waals surface area contributed by atoms with Gasteiger partial charge in [0.2, 0.25) is 0 Å². The third-order valence-electron chi connectivity index (χ3n) is 11.2. The fourth-order valence-corrected chi connectivity index (χ4v) is 7.77. The molecule has 2 aromatic heterocycles. The Morgan fingerprint density at radius 3 is 1.46 bits per heavy atom. The number of nitrogens with zero attached hydrogens (tertiary/aromatic N) is 2. The van der Waals surface area contributed by atoms with E-state index in [0.29, 0.717) is 0 Å². The lowest BCUT2D eigenvalue weighted by atomic mass is 9.59. The highest BCUT2D eigenvalue weighted by molar-refractivity contribution is 6.24. The fraction of sp³-hybridized carbons (Fsp3) is 0.231. The molecule has 0 radical (unpaired) electrons. The largest absolute Gasteiger partial charge is 0.307 e. The van der Waals surface area contributed by atoms with Crippen molar-refractivity contribution in [3.8, 4) is 11.4 Å². The SMILES string of the molecule is CC1(C)c2cc3c4ccc5c6ccccc6n(-c6ccccc6)c5c4n(-c4ccccc4)c3cc2C(C)(C)C1(C)C. The van der Waals surface area contributed by atoms with Crippen LogP contribution in [0.25, 0.3) is 55.0 Å². The predicted octanol–water partition coefficient (Wildman–Crippen LogP) is 10.5. The van der Waals surface area contributed by atoms with Gasteiger partial charge in [-0.15, -0.1) is 0 Å². The highest BCUT2D eigenvalue weighted by atomic mass is 15.0. The van der Waals surface area contributed by atoms with E-state index >= 15 is 0 Å². The van der Waals surface area contributed by atoms with Gasteiger partial charge in [0.15, 0.2) is 0 Å². The van der Waals surface area contributed by atoms with Crippen molar-refractivity contribution in [1.82, 2.24) is 9.13 Å². The Bertz CT molecular complexity index is 2150. The topological polar surface area (TPSA) is 9.86 Å². The Morgan fingerprint density at radius 1 is 0.415 bits per heavy atom. The Balaban J connectivity index is 1.64.